The summed E-state index contributed by atoms with van der Waals surface area (Å²) in [6, 6.07) is 14.6. The number of H-pyrrole nitrogens is 1. The van der Waals surface area contributed by atoms with Crippen LogP contribution in [-0.4, -0.2) is 30.1 Å². The lowest BCUT2D eigenvalue weighted by Crippen LogP contribution is -2.47. The Morgan fingerprint density at radius 2 is 1.97 bits per heavy atom. The highest BCUT2D eigenvalue weighted by Crippen LogP contribution is 2.48. The summed E-state index contributed by atoms with van der Waals surface area (Å²) < 4.78 is 20.0. The van der Waals surface area contributed by atoms with E-state index in [1.165, 1.54) is 42.6 Å². The van der Waals surface area contributed by atoms with Gasteiger partial charge in [0.1, 0.15) is 11.6 Å². The van der Waals surface area contributed by atoms with Gasteiger partial charge in [-0.25, -0.2) is 4.39 Å². The van der Waals surface area contributed by atoms with Crippen molar-refractivity contribution in [1.29, 1.82) is 0 Å². The number of nitrogens with zero attached hydrogens (tertiary/aromatic N) is 1. The van der Waals surface area contributed by atoms with Crippen molar-refractivity contribution >= 4 is 10.9 Å². The molecule has 3 unspecified atom stereocenters. The van der Waals surface area contributed by atoms with Crippen molar-refractivity contribution in [3.8, 4) is 5.75 Å². The quantitative estimate of drug-likeness (QED) is 0.622. The van der Waals surface area contributed by atoms with Crippen LogP contribution in [0.15, 0.2) is 42.5 Å². The Morgan fingerprint density at radius 1 is 1.10 bits per heavy atom. The van der Waals surface area contributed by atoms with Gasteiger partial charge in [-0.2, -0.15) is 0 Å². The topological polar surface area (TPSA) is 28.3 Å². The Kier molecular flexibility index (Phi) is 4.38. The first-order chi connectivity index (χ1) is 14.7. The van der Waals surface area contributed by atoms with Crippen LogP contribution in [0.4, 0.5) is 4.39 Å². The van der Waals surface area contributed by atoms with E-state index in [1.54, 1.807) is 13.2 Å². The number of ether oxygens (including phenoxy) is 1. The molecule has 1 N–H and O–H groups in total. The van der Waals surface area contributed by atoms with Gasteiger partial charge in [-0.1, -0.05) is 24.3 Å². The molecule has 30 heavy (non-hydrogen) atoms. The van der Waals surface area contributed by atoms with Gasteiger partial charge in [0.2, 0.25) is 0 Å². The van der Waals surface area contributed by atoms with Crippen LogP contribution >= 0.6 is 0 Å². The van der Waals surface area contributed by atoms with E-state index in [0.29, 0.717) is 23.4 Å². The average Bonchev–Trinajstić information content (AvgIpc) is 3.51. The summed E-state index contributed by atoms with van der Waals surface area (Å²) in [5.41, 5.74) is 4.66. The van der Waals surface area contributed by atoms with Crippen molar-refractivity contribution < 1.29 is 9.13 Å². The zero-order valence-electron chi connectivity index (χ0n) is 17.5. The van der Waals surface area contributed by atoms with Crippen molar-refractivity contribution in [3.05, 3.63) is 65.1 Å². The number of fused-ring (bicyclic) bond motifs is 4. The summed E-state index contributed by atoms with van der Waals surface area (Å²) in [6.45, 7) is 2.37. The number of methoxy groups -OCH3 is 1. The Labute approximate surface area is 177 Å². The molecule has 3 aliphatic rings. The molecule has 4 heteroatoms. The fourth-order valence-corrected chi connectivity index (χ4v) is 6.06. The molecule has 156 valence electrons. The standard InChI is InChI=1S/C26H29FN2O/c1-30-19-5-2-4-18(12-19)26-21-14-22-20-6-3-7-23(27)25(20)28-24(22)13-17(21)10-11-29(26)15-16-8-9-16/h2-7,12,16-17,21,26,28H,8-11,13-15H2,1H3. The molecule has 0 amide bonds. The molecule has 2 fully saturated rings. The number of halogens is 1. The maximum atomic E-state index is 14.4. The number of aromatic amines is 1. The van der Waals surface area contributed by atoms with Crippen LogP contribution in [0.5, 0.6) is 5.75 Å². The van der Waals surface area contributed by atoms with Gasteiger partial charge in [-0.15, -0.1) is 0 Å². The molecule has 2 aromatic carbocycles. The third-order valence-electron chi connectivity index (χ3n) is 7.70. The Balaban J connectivity index is 1.42. The van der Waals surface area contributed by atoms with Crippen LogP contribution in [0.2, 0.25) is 0 Å². The van der Waals surface area contributed by atoms with E-state index >= 15 is 0 Å². The van der Waals surface area contributed by atoms with E-state index < -0.39 is 0 Å². The van der Waals surface area contributed by atoms with Gasteiger partial charge in [0.05, 0.1) is 12.6 Å². The van der Waals surface area contributed by atoms with E-state index in [4.69, 9.17) is 4.74 Å². The molecule has 1 saturated heterocycles. The first kappa shape index (κ1) is 18.4. The minimum atomic E-state index is -0.135. The Bertz CT molecular complexity index is 1090. The normalized spacial score (nSPS) is 26.4. The first-order valence-corrected chi connectivity index (χ1v) is 11.4. The highest BCUT2D eigenvalue weighted by Gasteiger charge is 2.43. The van der Waals surface area contributed by atoms with Crippen LogP contribution in [0.3, 0.4) is 0 Å². The largest absolute Gasteiger partial charge is 0.497 e. The smallest absolute Gasteiger partial charge is 0.147 e. The number of aromatic nitrogens is 1. The van der Waals surface area contributed by atoms with Crippen LogP contribution in [0.25, 0.3) is 10.9 Å². The lowest BCUT2D eigenvalue weighted by atomic mass is 9.68. The number of hydrogen-bond acceptors (Lipinski definition) is 2. The first-order valence-electron chi connectivity index (χ1n) is 11.4. The van der Waals surface area contributed by atoms with Gasteiger partial charge in [-0.05, 0) is 85.7 Å². The number of benzene rings is 2. The number of nitrogens with one attached hydrogen (secondary N) is 1. The molecule has 0 radical (unpaired) electrons. The SMILES string of the molecule is COc1cccc(C2C3Cc4c([nH]c5c(F)cccc45)CC3CCN2CC2CC2)c1. The lowest BCUT2D eigenvalue weighted by Gasteiger charge is -2.48. The molecule has 1 saturated carbocycles. The van der Waals surface area contributed by atoms with Crippen molar-refractivity contribution in [3.63, 3.8) is 0 Å². The highest BCUT2D eigenvalue weighted by atomic mass is 19.1. The number of piperidine rings is 1. The second-order valence-corrected chi connectivity index (χ2v) is 9.53. The maximum absolute atomic E-state index is 14.4. The van der Waals surface area contributed by atoms with E-state index in [-0.39, 0.29) is 5.82 Å². The molecular weight excluding hydrogens is 375 g/mol. The second kappa shape index (κ2) is 7.12. The van der Waals surface area contributed by atoms with Gasteiger partial charge in [0.25, 0.3) is 0 Å². The lowest BCUT2D eigenvalue weighted by molar-refractivity contribution is 0.0377. The fraction of sp³-hybridized carbons (Fsp3) is 0.462. The molecule has 0 spiro atoms. The highest BCUT2D eigenvalue weighted by molar-refractivity contribution is 5.85. The summed E-state index contributed by atoms with van der Waals surface area (Å²) in [5, 5.41) is 1.08. The second-order valence-electron chi connectivity index (χ2n) is 9.53. The zero-order chi connectivity index (χ0) is 20.2. The summed E-state index contributed by atoms with van der Waals surface area (Å²) in [4.78, 5) is 6.18. The molecule has 3 nitrogen and oxygen atoms in total. The van der Waals surface area contributed by atoms with Gasteiger partial charge < -0.3 is 9.72 Å². The van der Waals surface area contributed by atoms with Gasteiger partial charge in [-0.3, -0.25) is 4.90 Å². The minimum Gasteiger partial charge on any atom is -0.497 e. The maximum Gasteiger partial charge on any atom is 0.147 e. The van der Waals surface area contributed by atoms with E-state index in [2.05, 4.69) is 34.1 Å². The number of rotatable bonds is 4. The van der Waals surface area contributed by atoms with Crippen molar-refractivity contribution in [1.82, 2.24) is 9.88 Å². The van der Waals surface area contributed by atoms with E-state index in [0.717, 1.165) is 36.4 Å². The number of para-hydroxylation sites is 1. The van der Waals surface area contributed by atoms with Crippen molar-refractivity contribution in [2.45, 2.75) is 38.1 Å². The third kappa shape index (κ3) is 3.04. The minimum absolute atomic E-state index is 0.135. The summed E-state index contributed by atoms with van der Waals surface area (Å²) >= 11 is 0. The number of likely N-dealkylation sites (tertiary alicyclic amines) is 1. The average molecular weight is 405 g/mol. The predicted molar refractivity (Wildman–Crippen MR) is 117 cm³/mol. The van der Waals surface area contributed by atoms with E-state index in [9.17, 15) is 4.39 Å². The molecule has 3 aromatic rings. The van der Waals surface area contributed by atoms with Crippen LogP contribution < -0.4 is 4.74 Å². The summed E-state index contributed by atoms with van der Waals surface area (Å²) in [6.07, 6.45) is 6.04. The van der Waals surface area contributed by atoms with Crippen molar-refractivity contribution in [2.75, 3.05) is 20.2 Å². The predicted octanol–water partition coefficient (Wildman–Crippen LogP) is 5.50. The van der Waals surface area contributed by atoms with Crippen LogP contribution in [0.1, 0.15) is 42.1 Å². The van der Waals surface area contributed by atoms with Crippen LogP contribution in [-0.2, 0) is 12.8 Å². The molecule has 2 heterocycles. The summed E-state index contributed by atoms with van der Waals surface area (Å²) in [5.74, 6) is 2.87. The van der Waals surface area contributed by atoms with Crippen molar-refractivity contribution in [2.24, 2.45) is 17.8 Å². The fourth-order valence-electron chi connectivity index (χ4n) is 6.06. The third-order valence-corrected chi connectivity index (χ3v) is 7.70. The molecular formula is C26H29FN2O. The summed E-state index contributed by atoms with van der Waals surface area (Å²) in [7, 11) is 1.75. The van der Waals surface area contributed by atoms with E-state index in [1.807, 2.05) is 12.1 Å². The Morgan fingerprint density at radius 3 is 2.80 bits per heavy atom. The van der Waals surface area contributed by atoms with Crippen LogP contribution in [0, 0.1) is 23.6 Å². The zero-order valence-corrected chi connectivity index (χ0v) is 17.5. The molecule has 1 aliphatic heterocycles. The Hall–Kier alpha value is -2.33. The molecule has 3 atom stereocenters. The molecule has 0 bridgehead atoms. The van der Waals surface area contributed by atoms with Gasteiger partial charge in [0, 0.05) is 23.7 Å². The number of hydrogen-bond donors (Lipinski definition) is 1. The molecule has 1 aromatic heterocycles. The van der Waals surface area contributed by atoms with Gasteiger partial charge >= 0.3 is 0 Å². The monoisotopic (exact) mass is 404 g/mol. The molecule has 2 aliphatic carbocycles. The van der Waals surface area contributed by atoms with Gasteiger partial charge in [0.15, 0.2) is 0 Å². The molecule has 6 rings (SSSR count).